The molecule has 0 heterocycles. The van der Waals surface area contributed by atoms with E-state index in [9.17, 15) is 43.5 Å². The van der Waals surface area contributed by atoms with Gasteiger partial charge in [-0.25, -0.2) is 9.13 Å². The minimum atomic E-state index is -4.95. The smallest absolute Gasteiger partial charge is 0.463 e. The zero-order valence-corrected chi connectivity index (χ0v) is 68.3. The van der Waals surface area contributed by atoms with Gasteiger partial charge in [-0.15, -0.1) is 0 Å². The van der Waals surface area contributed by atoms with Crippen molar-refractivity contribution in [1.29, 1.82) is 0 Å². The maximum absolute atomic E-state index is 13.0. The number of phosphoric ester groups is 2. The van der Waals surface area contributed by atoms with Crippen LogP contribution in [0.2, 0.25) is 0 Å². The van der Waals surface area contributed by atoms with Crippen LogP contribution in [-0.2, 0) is 55.8 Å². The Morgan fingerprint density at radius 2 is 0.467 bits per heavy atom. The Labute approximate surface area is 649 Å². The number of ether oxygens (including phenoxy) is 3. The monoisotopic (exact) mass is 1530 g/mol. The number of hydrogen-bond acceptors (Lipinski definition) is 14. The molecule has 0 aliphatic rings. The molecular formula is C89H146O16P2. The van der Waals surface area contributed by atoms with Gasteiger partial charge >= 0.3 is 33.6 Å². The predicted molar refractivity (Wildman–Crippen MR) is 445 cm³/mol. The van der Waals surface area contributed by atoms with Crippen LogP contribution in [0.1, 0.15) is 303 Å². The second kappa shape index (κ2) is 80.2. The number of carbonyl (C=O) groups excluding carboxylic acids is 3. The Hall–Kier alpha value is -5.35. The lowest BCUT2D eigenvalue weighted by Crippen LogP contribution is -2.30. The van der Waals surface area contributed by atoms with Crippen molar-refractivity contribution < 1.29 is 75.8 Å². The third-order valence-corrected chi connectivity index (χ3v) is 18.5. The number of allylic oxidation sites excluding steroid dienone is 30. The van der Waals surface area contributed by atoms with Gasteiger partial charge in [0.25, 0.3) is 0 Å². The fourth-order valence-corrected chi connectivity index (χ4v) is 12.1. The molecule has 0 spiro atoms. The van der Waals surface area contributed by atoms with Crippen molar-refractivity contribution >= 4 is 33.6 Å². The molecule has 107 heavy (non-hydrogen) atoms. The third-order valence-electron chi connectivity index (χ3n) is 16.6. The molecule has 0 aromatic heterocycles. The van der Waals surface area contributed by atoms with Crippen LogP contribution < -0.4 is 0 Å². The van der Waals surface area contributed by atoms with E-state index in [1.54, 1.807) is 0 Å². The number of aliphatic hydroxyl groups is 2. The van der Waals surface area contributed by atoms with Crippen molar-refractivity contribution in [2.45, 2.75) is 322 Å². The first-order valence-corrected chi connectivity index (χ1v) is 44.1. The molecule has 0 fully saturated rings. The molecule has 0 aromatic carbocycles. The molecule has 16 nitrogen and oxygen atoms in total. The minimum Gasteiger partial charge on any atom is -0.463 e. The van der Waals surface area contributed by atoms with Gasteiger partial charge in [0, 0.05) is 19.3 Å². The highest BCUT2D eigenvalue weighted by atomic mass is 31.2. The van der Waals surface area contributed by atoms with Gasteiger partial charge in [0.2, 0.25) is 0 Å². The first kappa shape index (κ1) is 102. The maximum atomic E-state index is 13.0. The lowest BCUT2D eigenvalue weighted by atomic mass is 10.1. The standard InChI is InChI=1S/C89H146O16P2/c1-4-7-10-13-16-19-22-25-28-31-33-35-37-39-41-43-45-47-49-52-54-57-60-63-66-69-72-75-87(92)99-78-84(90)79-101-106(95,96)102-80-85(91)81-103-107(97,98)104-83-86(105-89(94)77-74-71-68-65-62-59-56-51-30-27-24-21-18-15-12-9-6-3)82-100-88(93)76-73-70-67-64-61-58-55-53-50-48-46-44-42-40-38-36-34-32-29-26-23-20-17-14-11-8-5-2/h7-12,16-21,25-30,33-36,39-42,45-48,84-86,90-91H,4-6,13-15,22-24,31-32,37-38,43-44,49-83H2,1-3H3,(H,95,96)(H,97,98)/b10-7-,11-8-,12-9-,19-16-,20-17-,21-18-,28-25-,29-26-,30-27-,35-33-,36-34-,41-39-,42-40-,47-45-,48-46-. The molecule has 0 bridgehead atoms. The molecule has 0 saturated heterocycles. The van der Waals surface area contributed by atoms with Crippen LogP contribution in [0.5, 0.6) is 0 Å². The van der Waals surface area contributed by atoms with Gasteiger partial charge in [-0.1, -0.05) is 312 Å². The van der Waals surface area contributed by atoms with E-state index in [4.69, 9.17) is 32.3 Å². The predicted octanol–water partition coefficient (Wildman–Crippen LogP) is 24.5. The number of aliphatic hydroxyl groups excluding tert-OH is 2. The van der Waals surface area contributed by atoms with E-state index >= 15 is 0 Å². The lowest BCUT2D eigenvalue weighted by molar-refractivity contribution is -0.161. The molecule has 0 rings (SSSR count). The van der Waals surface area contributed by atoms with E-state index in [2.05, 4.69) is 203 Å². The quantitative estimate of drug-likeness (QED) is 0.0146. The summed E-state index contributed by atoms with van der Waals surface area (Å²) < 4.78 is 61.2. The molecule has 0 radical (unpaired) electrons. The second-order valence-electron chi connectivity index (χ2n) is 26.8. The third kappa shape index (κ3) is 81.5. The highest BCUT2D eigenvalue weighted by Gasteiger charge is 2.29. The topological polar surface area (TPSA) is 231 Å². The highest BCUT2D eigenvalue weighted by molar-refractivity contribution is 7.47. The van der Waals surface area contributed by atoms with E-state index in [-0.39, 0.29) is 19.3 Å². The summed E-state index contributed by atoms with van der Waals surface area (Å²) in [6.45, 7) is 2.31. The molecule has 0 aromatic rings. The molecule has 5 atom stereocenters. The van der Waals surface area contributed by atoms with Crippen LogP contribution in [-0.4, -0.2) is 95.9 Å². The Bertz CT molecular complexity index is 2670. The normalized spacial score (nSPS) is 14.9. The molecule has 0 aliphatic carbocycles. The Morgan fingerprint density at radius 3 is 0.738 bits per heavy atom. The molecule has 0 aliphatic heterocycles. The summed E-state index contributed by atoms with van der Waals surface area (Å²) in [6, 6.07) is 0. The fraction of sp³-hybridized carbons (Fsp3) is 0.629. The first-order chi connectivity index (χ1) is 52.2. The van der Waals surface area contributed by atoms with E-state index in [1.807, 2.05) is 0 Å². The van der Waals surface area contributed by atoms with E-state index in [0.717, 1.165) is 218 Å². The summed E-state index contributed by atoms with van der Waals surface area (Å²) in [7, 11) is -9.82. The summed E-state index contributed by atoms with van der Waals surface area (Å²) in [4.78, 5) is 58.8. The van der Waals surface area contributed by atoms with Crippen molar-refractivity contribution in [3.05, 3.63) is 182 Å². The molecule has 608 valence electrons. The Balaban J connectivity index is 4.65. The minimum absolute atomic E-state index is 0.0850. The van der Waals surface area contributed by atoms with Crippen LogP contribution >= 0.6 is 15.6 Å². The van der Waals surface area contributed by atoms with E-state index < -0.39 is 91.5 Å². The van der Waals surface area contributed by atoms with Gasteiger partial charge < -0.3 is 34.2 Å². The fourth-order valence-electron chi connectivity index (χ4n) is 10.5. The van der Waals surface area contributed by atoms with Gasteiger partial charge in [0.05, 0.1) is 26.4 Å². The lowest BCUT2D eigenvalue weighted by Gasteiger charge is -2.21. The van der Waals surface area contributed by atoms with Crippen LogP contribution in [0.4, 0.5) is 0 Å². The number of rotatable bonds is 76. The molecule has 5 unspecified atom stereocenters. The average molecular weight is 1530 g/mol. The van der Waals surface area contributed by atoms with Crippen LogP contribution in [0.25, 0.3) is 0 Å². The summed E-state index contributed by atoms with van der Waals surface area (Å²) in [6.07, 6.45) is 104. The van der Waals surface area contributed by atoms with Crippen LogP contribution in [0, 0.1) is 0 Å². The van der Waals surface area contributed by atoms with Crippen molar-refractivity contribution in [3.8, 4) is 0 Å². The van der Waals surface area contributed by atoms with Crippen molar-refractivity contribution in [1.82, 2.24) is 0 Å². The second-order valence-corrected chi connectivity index (χ2v) is 29.7. The molecular weight excluding hydrogens is 1390 g/mol. The highest BCUT2D eigenvalue weighted by Crippen LogP contribution is 2.45. The van der Waals surface area contributed by atoms with Gasteiger partial charge in [-0.05, 0) is 154 Å². The maximum Gasteiger partial charge on any atom is 0.472 e. The first-order valence-electron chi connectivity index (χ1n) is 41.1. The molecule has 18 heteroatoms. The van der Waals surface area contributed by atoms with Crippen LogP contribution in [0.3, 0.4) is 0 Å². The summed E-state index contributed by atoms with van der Waals surface area (Å²) in [5, 5.41) is 20.7. The summed E-state index contributed by atoms with van der Waals surface area (Å²) in [5.41, 5.74) is 0. The number of phosphoric acid groups is 2. The van der Waals surface area contributed by atoms with Crippen molar-refractivity contribution in [2.75, 3.05) is 39.6 Å². The number of carbonyl (C=O) groups is 3. The zero-order chi connectivity index (χ0) is 78.0. The zero-order valence-electron chi connectivity index (χ0n) is 66.5. The average Bonchev–Trinajstić information content (AvgIpc) is 0.908. The summed E-state index contributed by atoms with van der Waals surface area (Å²) in [5.74, 6) is -1.61. The van der Waals surface area contributed by atoms with Crippen LogP contribution in [0.15, 0.2) is 182 Å². The van der Waals surface area contributed by atoms with Gasteiger partial charge in [-0.3, -0.25) is 32.5 Å². The Morgan fingerprint density at radius 1 is 0.262 bits per heavy atom. The van der Waals surface area contributed by atoms with Gasteiger partial charge in [-0.2, -0.15) is 0 Å². The van der Waals surface area contributed by atoms with Crippen molar-refractivity contribution in [2.24, 2.45) is 0 Å². The largest absolute Gasteiger partial charge is 0.472 e. The summed E-state index contributed by atoms with van der Waals surface area (Å²) >= 11 is 0. The molecule has 0 amide bonds. The van der Waals surface area contributed by atoms with Gasteiger partial charge in [0.1, 0.15) is 25.4 Å². The Kier molecular flexibility index (Phi) is 76.2. The van der Waals surface area contributed by atoms with Crippen molar-refractivity contribution in [3.63, 3.8) is 0 Å². The molecule has 4 N–H and O–H groups in total. The number of esters is 3. The van der Waals surface area contributed by atoms with E-state index in [1.165, 1.54) is 25.7 Å². The number of hydrogen-bond donors (Lipinski definition) is 4. The SMILES string of the molecule is CC/C=C\C/C=C\C/C=C\C/C=C\C/C=C\C/C=C\CCCCCCCCCCC(=O)OCC(O)COP(=O)(O)OCC(O)COP(=O)(O)OCC(COC(=O)CCCCCCCCCC/C=C\C/C=C\C/C=C\C/C=C\C/C=C\C/C=C\CC)OC(=O)CCCCCCCCC/C=C\C/C=C\C/C=C\CC. The van der Waals surface area contributed by atoms with Gasteiger partial charge in [0.15, 0.2) is 6.10 Å². The molecule has 0 saturated carbocycles. The number of unbranched alkanes of at least 4 members (excludes halogenated alkanes) is 23. The van der Waals surface area contributed by atoms with E-state index in [0.29, 0.717) is 19.3 Å².